The average Bonchev–Trinajstić information content (AvgIpc) is 3.28. The van der Waals surface area contributed by atoms with Gasteiger partial charge in [-0.05, 0) is 38.1 Å². The first-order chi connectivity index (χ1) is 17.0. The molecule has 5 rings (SSSR count). The lowest BCUT2D eigenvalue weighted by atomic mass is 10.1. The summed E-state index contributed by atoms with van der Waals surface area (Å²) in [6.45, 7) is 3.57. The highest BCUT2D eigenvalue weighted by molar-refractivity contribution is 7.16. The van der Waals surface area contributed by atoms with Crippen LogP contribution in [0.5, 0.6) is 11.5 Å². The summed E-state index contributed by atoms with van der Waals surface area (Å²) in [4.78, 5) is 39.3. The van der Waals surface area contributed by atoms with E-state index < -0.39 is 29.6 Å². The molecule has 35 heavy (non-hydrogen) atoms. The number of carbonyl (C=O) groups excluding carboxylic acids is 2. The second-order valence-electron chi connectivity index (χ2n) is 7.77. The number of anilines is 1. The van der Waals surface area contributed by atoms with Crippen molar-refractivity contribution in [3.05, 3.63) is 76.0 Å². The van der Waals surface area contributed by atoms with Gasteiger partial charge in [-0.1, -0.05) is 30.3 Å². The van der Waals surface area contributed by atoms with E-state index in [2.05, 4.69) is 10.4 Å². The van der Waals surface area contributed by atoms with Crippen molar-refractivity contribution in [2.24, 2.45) is 0 Å². The zero-order valence-corrected chi connectivity index (χ0v) is 19.7. The summed E-state index contributed by atoms with van der Waals surface area (Å²) >= 11 is 1.12. The third kappa shape index (κ3) is 4.12. The summed E-state index contributed by atoms with van der Waals surface area (Å²) < 4.78 is 18.0. The van der Waals surface area contributed by atoms with Crippen molar-refractivity contribution in [1.82, 2.24) is 9.78 Å². The Balaban J connectivity index is 1.56. The van der Waals surface area contributed by atoms with Crippen LogP contribution in [0.1, 0.15) is 24.3 Å². The van der Waals surface area contributed by atoms with Crippen LogP contribution in [0.15, 0.2) is 64.8 Å². The Bertz CT molecular complexity index is 1480. The Morgan fingerprint density at radius 1 is 1.09 bits per heavy atom. The van der Waals surface area contributed by atoms with Crippen molar-refractivity contribution in [2.75, 3.05) is 11.9 Å². The lowest BCUT2D eigenvalue weighted by Gasteiger charge is -2.30. The maximum atomic E-state index is 13.5. The van der Waals surface area contributed by atoms with Crippen molar-refractivity contribution in [3.63, 3.8) is 0 Å². The first-order valence-electron chi connectivity index (χ1n) is 11.0. The van der Waals surface area contributed by atoms with E-state index in [1.54, 1.807) is 67.8 Å². The van der Waals surface area contributed by atoms with Crippen molar-refractivity contribution >= 4 is 39.0 Å². The molecular weight excluding hydrogens is 470 g/mol. The molecule has 2 atom stereocenters. The number of rotatable bonds is 5. The minimum Gasteiger partial charge on any atom is -0.482 e. The molecule has 1 amide bonds. The molecule has 2 unspecified atom stereocenters. The van der Waals surface area contributed by atoms with Crippen molar-refractivity contribution in [2.45, 2.75) is 26.1 Å². The number of nitrogens with one attached hydrogen (secondary N) is 1. The lowest BCUT2D eigenvalue weighted by Crippen LogP contribution is -2.46. The van der Waals surface area contributed by atoms with Crippen LogP contribution >= 0.6 is 11.3 Å². The summed E-state index contributed by atoms with van der Waals surface area (Å²) in [5.74, 6) is -0.119. The van der Waals surface area contributed by atoms with E-state index >= 15 is 0 Å². The van der Waals surface area contributed by atoms with Gasteiger partial charge >= 0.3 is 5.97 Å². The summed E-state index contributed by atoms with van der Waals surface area (Å²) in [7, 11) is 0. The van der Waals surface area contributed by atoms with Gasteiger partial charge in [-0.2, -0.15) is 9.78 Å². The summed E-state index contributed by atoms with van der Waals surface area (Å²) in [6, 6.07) is 15.8. The normalized spacial score (nSPS) is 16.6. The molecule has 0 saturated carbocycles. The number of aromatic nitrogens is 2. The van der Waals surface area contributed by atoms with Gasteiger partial charge in [-0.15, -0.1) is 11.3 Å². The van der Waals surface area contributed by atoms with Crippen LogP contribution in [-0.2, 0) is 9.53 Å². The Hall–Kier alpha value is -4.18. The number of benzene rings is 2. The Kier molecular flexibility index (Phi) is 5.96. The second-order valence-corrected chi connectivity index (χ2v) is 8.65. The van der Waals surface area contributed by atoms with E-state index in [0.717, 1.165) is 16.0 Å². The number of hydrogen-bond donors (Lipinski definition) is 1. The van der Waals surface area contributed by atoms with E-state index in [-0.39, 0.29) is 22.7 Å². The molecule has 1 N–H and O–H groups in total. The number of hydrogen-bond acceptors (Lipinski definition) is 8. The molecule has 178 valence electrons. The van der Waals surface area contributed by atoms with E-state index in [1.807, 2.05) is 6.07 Å². The quantitative estimate of drug-likeness (QED) is 0.423. The maximum Gasteiger partial charge on any atom is 0.359 e. The fraction of sp³-hybridized carbons (Fsp3) is 0.200. The number of thiophene rings is 1. The lowest BCUT2D eigenvalue weighted by molar-refractivity contribution is -0.127. The van der Waals surface area contributed by atoms with Crippen LogP contribution in [0.3, 0.4) is 0 Å². The summed E-state index contributed by atoms with van der Waals surface area (Å²) in [5, 5.41) is 9.44. The topological polar surface area (TPSA) is 109 Å². The number of esters is 1. The van der Waals surface area contributed by atoms with Crippen molar-refractivity contribution < 1.29 is 23.8 Å². The minimum atomic E-state index is -0.940. The van der Waals surface area contributed by atoms with Crippen molar-refractivity contribution in [3.8, 4) is 17.2 Å². The molecule has 0 fully saturated rings. The van der Waals surface area contributed by atoms with Crippen LogP contribution < -0.4 is 20.3 Å². The standard InChI is InChI=1S/C25H21N3O6S/c1-3-32-25(31)20-16-13-35-23(19(16)24(30)28(27-20)15-9-5-4-6-10-15)26-22(29)21-14(2)33-17-11-7-8-12-18(17)34-21/h4-14,21H,3H2,1-2H3,(H,26,29). The maximum absolute atomic E-state index is 13.5. The largest absolute Gasteiger partial charge is 0.482 e. The predicted octanol–water partition coefficient (Wildman–Crippen LogP) is 3.79. The van der Waals surface area contributed by atoms with Gasteiger partial charge in [0.1, 0.15) is 11.1 Å². The Morgan fingerprint density at radius 3 is 2.49 bits per heavy atom. The second kappa shape index (κ2) is 9.22. The molecule has 2 aromatic heterocycles. The number of para-hydroxylation sites is 3. The van der Waals surface area contributed by atoms with Gasteiger partial charge in [-0.25, -0.2) is 4.79 Å². The van der Waals surface area contributed by atoms with Crippen molar-refractivity contribution in [1.29, 1.82) is 0 Å². The van der Waals surface area contributed by atoms with Gasteiger partial charge in [0.05, 0.1) is 17.7 Å². The van der Waals surface area contributed by atoms with Crippen LogP contribution in [0.2, 0.25) is 0 Å². The number of ether oxygens (including phenoxy) is 3. The first-order valence-corrected chi connectivity index (χ1v) is 11.9. The van der Waals surface area contributed by atoms with E-state index in [0.29, 0.717) is 22.6 Å². The molecule has 0 radical (unpaired) electrons. The zero-order chi connectivity index (χ0) is 24.5. The first kappa shape index (κ1) is 22.6. The van der Waals surface area contributed by atoms with Crippen LogP contribution in [0.4, 0.5) is 5.00 Å². The van der Waals surface area contributed by atoms with Gasteiger partial charge in [-0.3, -0.25) is 9.59 Å². The van der Waals surface area contributed by atoms with Gasteiger partial charge in [0, 0.05) is 10.8 Å². The predicted molar refractivity (Wildman–Crippen MR) is 131 cm³/mol. The van der Waals surface area contributed by atoms with Gasteiger partial charge in [0.15, 0.2) is 17.2 Å². The van der Waals surface area contributed by atoms with Crippen LogP contribution in [0.25, 0.3) is 16.5 Å². The Labute approximate surface area is 203 Å². The number of fused-ring (bicyclic) bond motifs is 2. The molecule has 1 aliphatic rings. The molecular formula is C25H21N3O6S. The fourth-order valence-electron chi connectivity index (χ4n) is 3.83. The number of nitrogens with zero attached hydrogens (tertiary/aromatic N) is 2. The molecule has 0 spiro atoms. The van der Waals surface area contributed by atoms with Gasteiger partial charge < -0.3 is 19.5 Å². The van der Waals surface area contributed by atoms with E-state index in [9.17, 15) is 14.4 Å². The van der Waals surface area contributed by atoms with Crippen LogP contribution in [-0.4, -0.2) is 40.5 Å². The Morgan fingerprint density at radius 2 is 1.77 bits per heavy atom. The molecule has 2 aromatic carbocycles. The van der Waals surface area contributed by atoms with Gasteiger partial charge in [0.25, 0.3) is 11.5 Å². The van der Waals surface area contributed by atoms with E-state index in [4.69, 9.17) is 14.2 Å². The molecule has 9 nitrogen and oxygen atoms in total. The molecule has 3 heterocycles. The van der Waals surface area contributed by atoms with Gasteiger partial charge in [0.2, 0.25) is 6.10 Å². The zero-order valence-electron chi connectivity index (χ0n) is 18.9. The third-order valence-electron chi connectivity index (χ3n) is 5.46. The third-order valence-corrected chi connectivity index (χ3v) is 6.35. The molecule has 4 aromatic rings. The monoisotopic (exact) mass is 491 g/mol. The highest BCUT2D eigenvalue weighted by Crippen LogP contribution is 2.35. The number of amides is 1. The summed E-state index contributed by atoms with van der Waals surface area (Å²) in [5.41, 5.74) is -0.0146. The highest BCUT2D eigenvalue weighted by atomic mass is 32.1. The van der Waals surface area contributed by atoms with Crippen LogP contribution in [0, 0.1) is 0 Å². The highest BCUT2D eigenvalue weighted by Gasteiger charge is 2.35. The minimum absolute atomic E-state index is 0.0124. The molecule has 0 aliphatic carbocycles. The molecule has 10 heteroatoms. The van der Waals surface area contributed by atoms with E-state index in [1.165, 1.54) is 0 Å². The molecule has 0 saturated heterocycles. The average molecular weight is 492 g/mol. The number of carbonyl (C=O) groups is 2. The molecule has 0 bridgehead atoms. The molecule has 1 aliphatic heterocycles. The SMILES string of the molecule is CCOC(=O)c1nn(-c2ccccc2)c(=O)c2c(NC(=O)C3Oc4ccccc4OC3C)scc12. The smallest absolute Gasteiger partial charge is 0.359 e. The fourth-order valence-corrected chi connectivity index (χ4v) is 4.77. The summed E-state index contributed by atoms with van der Waals surface area (Å²) in [6.07, 6.45) is -1.50.